The van der Waals surface area contributed by atoms with Gasteiger partial charge in [0.05, 0.1) is 11.1 Å². The Labute approximate surface area is 96.4 Å². The molecule has 16 heavy (non-hydrogen) atoms. The predicted molar refractivity (Wildman–Crippen MR) is 60.0 cm³/mol. The molecule has 0 atom stereocenters. The molecule has 1 aromatic heterocycles. The Bertz CT molecular complexity index is 551. The molecule has 0 fully saturated rings. The van der Waals surface area contributed by atoms with Gasteiger partial charge in [0.25, 0.3) is 5.69 Å². The fraction of sp³-hybridized carbons (Fsp3) is 0.100. The van der Waals surface area contributed by atoms with E-state index in [9.17, 15) is 10.1 Å². The molecule has 0 N–H and O–H groups in total. The molecule has 0 aliphatic heterocycles. The largest absolute Gasteiger partial charge is 0.296 e. The van der Waals surface area contributed by atoms with Crippen molar-refractivity contribution in [2.45, 2.75) is 6.92 Å². The van der Waals surface area contributed by atoms with Crippen LogP contribution in [0.5, 0.6) is 0 Å². The highest BCUT2D eigenvalue weighted by Gasteiger charge is 2.16. The van der Waals surface area contributed by atoms with E-state index in [1.54, 1.807) is 24.5 Å². The van der Waals surface area contributed by atoms with E-state index < -0.39 is 4.92 Å². The van der Waals surface area contributed by atoms with Gasteiger partial charge in [0.2, 0.25) is 0 Å². The van der Waals surface area contributed by atoms with Crippen molar-refractivity contribution in [1.82, 2.24) is 9.78 Å². The molecular weight excluding hydrogens is 230 g/mol. The normalized spacial score (nSPS) is 10.4. The van der Waals surface area contributed by atoms with Crippen LogP contribution in [0.2, 0.25) is 5.02 Å². The topological polar surface area (TPSA) is 61.0 Å². The first-order valence-electron chi connectivity index (χ1n) is 4.53. The quantitative estimate of drug-likeness (QED) is 0.596. The summed E-state index contributed by atoms with van der Waals surface area (Å²) < 4.78 is 1.46. The van der Waals surface area contributed by atoms with Gasteiger partial charge in [-0.1, -0.05) is 11.6 Å². The molecular formula is C10H8ClN3O2. The van der Waals surface area contributed by atoms with E-state index in [-0.39, 0.29) is 5.69 Å². The average Bonchev–Trinajstić information content (AvgIpc) is 2.64. The summed E-state index contributed by atoms with van der Waals surface area (Å²) in [5, 5.41) is 15.2. The molecule has 1 aromatic carbocycles. The molecule has 0 radical (unpaired) electrons. The molecule has 0 spiro atoms. The Morgan fingerprint density at radius 3 is 2.81 bits per heavy atom. The molecule has 6 heteroatoms. The third-order valence-electron chi connectivity index (χ3n) is 2.09. The fourth-order valence-corrected chi connectivity index (χ4v) is 1.55. The summed E-state index contributed by atoms with van der Waals surface area (Å²) in [6.45, 7) is 1.87. The van der Waals surface area contributed by atoms with Crippen LogP contribution in [0.25, 0.3) is 5.69 Å². The minimum Gasteiger partial charge on any atom is -0.258 e. The number of hydrogen-bond donors (Lipinski definition) is 0. The van der Waals surface area contributed by atoms with Crippen molar-refractivity contribution in [2.75, 3.05) is 0 Å². The molecule has 2 aromatic rings. The number of aryl methyl sites for hydroxylation is 1. The first-order chi connectivity index (χ1) is 7.58. The highest BCUT2D eigenvalue weighted by Crippen LogP contribution is 2.26. The number of halogens is 1. The number of nitro groups is 1. The lowest BCUT2D eigenvalue weighted by molar-refractivity contribution is -0.384. The Balaban J connectivity index is 2.60. The Kier molecular flexibility index (Phi) is 2.62. The van der Waals surface area contributed by atoms with Crippen molar-refractivity contribution < 1.29 is 4.92 Å². The molecule has 82 valence electrons. The maximum Gasteiger partial charge on any atom is 0.296 e. The van der Waals surface area contributed by atoms with E-state index in [1.807, 2.05) is 6.92 Å². The van der Waals surface area contributed by atoms with Crippen molar-refractivity contribution in [2.24, 2.45) is 0 Å². The lowest BCUT2D eigenvalue weighted by Gasteiger charge is -2.02. The molecule has 1 heterocycles. The number of aromatic nitrogens is 2. The van der Waals surface area contributed by atoms with Crippen LogP contribution in [-0.4, -0.2) is 14.7 Å². The zero-order chi connectivity index (χ0) is 11.7. The predicted octanol–water partition coefficient (Wildman–Crippen LogP) is 2.74. The van der Waals surface area contributed by atoms with Crippen LogP contribution in [-0.2, 0) is 0 Å². The van der Waals surface area contributed by atoms with Gasteiger partial charge in [0, 0.05) is 17.3 Å². The number of nitrogens with zero attached hydrogens (tertiary/aromatic N) is 3. The van der Waals surface area contributed by atoms with E-state index >= 15 is 0 Å². The minimum absolute atomic E-state index is 0.0596. The van der Waals surface area contributed by atoms with Crippen LogP contribution in [0.1, 0.15) is 5.56 Å². The number of nitro benzene ring substituents is 1. The summed E-state index contributed by atoms with van der Waals surface area (Å²) in [5.41, 5.74) is 1.28. The van der Waals surface area contributed by atoms with Gasteiger partial charge in [0.1, 0.15) is 5.69 Å². The van der Waals surface area contributed by atoms with Gasteiger partial charge in [-0.2, -0.15) is 5.10 Å². The van der Waals surface area contributed by atoms with Gasteiger partial charge in [-0.25, -0.2) is 4.68 Å². The lowest BCUT2D eigenvalue weighted by atomic mass is 10.2. The number of hydrogen-bond acceptors (Lipinski definition) is 3. The van der Waals surface area contributed by atoms with Crippen molar-refractivity contribution in [3.8, 4) is 5.69 Å². The number of rotatable bonds is 2. The van der Waals surface area contributed by atoms with Crippen molar-refractivity contribution in [1.29, 1.82) is 0 Å². The van der Waals surface area contributed by atoms with Gasteiger partial charge in [-0.3, -0.25) is 10.1 Å². The van der Waals surface area contributed by atoms with Crippen LogP contribution in [0, 0.1) is 17.0 Å². The van der Waals surface area contributed by atoms with E-state index in [1.165, 1.54) is 10.7 Å². The van der Waals surface area contributed by atoms with Gasteiger partial charge < -0.3 is 0 Å². The smallest absolute Gasteiger partial charge is 0.258 e. The maximum atomic E-state index is 10.9. The van der Waals surface area contributed by atoms with Gasteiger partial charge >= 0.3 is 0 Å². The van der Waals surface area contributed by atoms with Crippen LogP contribution < -0.4 is 0 Å². The molecule has 0 amide bonds. The second-order valence-electron chi connectivity index (χ2n) is 3.35. The van der Waals surface area contributed by atoms with E-state index in [2.05, 4.69) is 5.10 Å². The first-order valence-corrected chi connectivity index (χ1v) is 4.91. The van der Waals surface area contributed by atoms with E-state index in [0.717, 1.165) is 5.56 Å². The van der Waals surface area contributed by atoms with Crippen molar-refractivity contribution in [3.63, 3.8) is 0 Å². The van der Waals surface area contributed by atoms with Gasteiger partial charge in [-0.05, 0) is 24.6 Å². The molecule has 0 bridgehead atoms. The zero-order valence-corrected chi connectivity index (χ0v) is 9.18. The van der Waals surface area contributed by atoms with E-state index in [4.69, 9.17) is 11.6 Å². The third-order valence-corrected chi connectivity index (χ3v) is 2.33. The maximum absolute atomic E-state index is 10.9. The van der Waals surface area contributed by atoms with E-state index in [0.29, 0.717) is 10.7 Å². The number of benzene rings is 1. The SMILES string of the molecule is Cc1cnn(-c2ccc(Cl)cc2[N+](=O)[O-])c1. The van der Waals surface area contributed by atoms with Gasteiger partial charge in [0.15, 0.2) is 0 Å². The van der Waals surface area contributed by atoms with Crippen LogP contribution in [0.4, 0.5) is 5.69 Å². The Morgan fingerprint density at radius 2 is 2.25 bits per heavy atom. The summed E-state index contributed by atoms with van der Waals surface area (Å²) in [4.78, 5) is 10.4. The molecule has 0 saturated carbocycles. The summed E-state index contributed by atoms with van der Waals surface area (Å²) >= 11 is 5.72. The summed E-state index contributed by atoms with van der Waals surface area (Å²) in [5.74, 6) is 0. The second kappa shape index (κ2) is 3.94. The molecule has 0 saturated heterocycles. The zero-order valence-electron chi connectivity index (χ0n) is 8.42. The average molecular weight is 238 g/mol. The fourth-order valence-electron chi connectivity index (χ4n) is 1.38. The molecule has 5 nitrogen and oxygen atoms in total. The molecule has 0 unspecified atom stereocenters. The third kappa shape index (κ3) is 1.90. The Hall–Kier alpha value is -1.88. The van der Waals surface area contributed by atoms with Crippen LogP contribution in [0.3, 0.4) is 0 Å². The lowest BCUT2D eigenvalue weighted by Crippen LogP contribution is -2.00. The minimum atomic E-state index is -0.474. The van der Waals surface area contributed by atoms with Gasteiger partial charge in [-0.15, -0.1) is 0 Å². The standard InChI is InChI=1S/C10H8ClN3O2/c1-7-5-12-13(6-7)9-3-2-8(11)4-10(9)14(15)16/h2-6H,1H3. The van der Waals surface area contributed by atoms with Crippen molar-refractivity contribution in [3.05, 3.63) is 51.3 Å². The Morgan fingerprint density at radius 1 is 1.50 bits per heavy atom. The highest BCUT2D eigenvalue weighted by molar-refractivity contribution is 6.30. The molecule has 2 rings (SSSR count). The summed E-state index contributed by atoms with van der Waals surface area (Å²) in [7, 11) is 0. The molecule has 0 aliphatic carbocycles. The monoisotopic (exact) mass is 237 g/mol. The second-order valence-corrected chi connectivity index (χ2v) is 3.79. The molecule has 0 aliphatic rings. The summed E-state index contributed by atoms with van der Waals surface area (Å²) in [6.07, 6.45) is 3.36. The van der Waals surface area contributed by atoms with Crippen LogP contribution >= 0.6 is 11.6 Å². The first kappa shape index (κ1) is 10.6. The van der Waals surface area contributed by atoms with Crippen LogP contribution in [0.15, 0.2) is 30.6 Å². The van der Waals surface area contributed by atoms with Crippen molar-refractivity contribution >= 4 is 17.3 Å². The highest BCUT2D eigenvalue weighted by atomic mass is 35.5. The summed E-state index contributed by atoms with van der Waals surface area (Å²) in [6, 6.07) is 4.49.